The van der Waals surface area contributed by atoms with E-state index in [1.165, 1.54) is 0 Å². The van der Waals surface area contributed by atoms with Gasteiger partial charge in [0.2, 0.25) is 0 Å². The van der Waals surface area contributed by atoms with Gasteiger partial charge in [0.25, 0.3) is 0 Å². The molecule has 1 aromatic rings. The maximum absolute atomic E-state index is 12.1. The number of carbonyl (C=O) groups is 1. The van der Waals surface area contributed by atoms with Gasteiger partial charge in [0.15, 0.2) is 0 Å². The molecule has 0 aromatic heterocycles. The first-order valence-corrected chi connectivity index (χ1v) is 7.95. The van der Waals surface area contributed by atoms with Crippen LogP contribution in [-0.2, 0) is 16.1 Å². The molecule has 2 atom stereocenters. The van der Waals surface area contributed by atoms with Gasteiger partial charge in [-0.15, -0.1) is 0 Å². The van der Waals surface area contributed by atoms with Crippen LogP contribution in [0.4, 0.5) is 4.79 Å². The third kappa shape index (κ3) is 3.42. The van der Waals surface area contributed by atoms with E-state index in [0.29, 0.717) is 12.5 Å². The van der Waals surface area contributed by atoms with Crippen LogP contribution in [0, 0.1) is 5.92 Å². The standard InChI is InChI=1S/C17H23NO4/c19-12-17(9-4-10-22-17)15(14-7-8-14)18-16(20)21-11-13-5-2-1-3-6-13/h1-3,5-6,14-15,19H,4,7-12H2,(H,18,20). The van der Waals surface area contributed by atoms with Crippen LogP contribution in [-0.4, -0.2) is 36.1 Å². The summed E-state index contributed by atoms with van der Waals surface area (Å²) >= 11 is 0. The fourth-order valence-electron chi connectivity index (χ4n) is 3.19. The lowest BCUT2D eigenvalue weighted by atomic mass is 9.88. The monoisotopic (exact) mass is 305 g/mol. The van der Waals surface area contributed by atoms with Gasteiger partial charge in [-0.1, -0.05) is 30.3 Å². The van der Waals surface area contributed by atoms with E-state index < -0.39 is 11.7 Å². The maximum Gasteiger partial charge on any atom is 0.407 e. The van der Waals surface area contributed by atoms with E-state index >= 15 is 0 Å². The SMILES string of the molecule is O=C(NC(C1CC1)C1(CO)CCCO1)OCc1ccccc1. The normalized spacial score (nSPS) is 25.7. The summed E-state index contributed by atoms with van der Waals surface area (Å²) in [5.74, 6) is 0.384. The largest absolute Gasteiger partial charge is 0.445 e. The van der Waals surface area contributed by atoms with Gasteiger partial charge in [-0.05, 0) is 37.2 Å². The zero-order valence-electron chi connectivity index (χ0n) is 12.7. The molecule has 1 saturated heterocycles. The second-order valence-corrected chi connectivity index (χ2v) is 6.20. The van der Waals surface area contributed by atoms with Gasteiger partial charge < -0.3 is 19.9 Å². The summed E-state index contributed by atoms with van der Waals surface area (Å²) < 4.78 is 11.1. The van der Waals surface area contributed by atoms with Gasteiger partial charge >= 0.3 is 6.09 Å². The number of amides is 1. The predicted octanol–water partition coefficient (Wildman–Crippen LogP) is 2.23. The molecule has 0 radical (unpaired) electrons. The van der Waals surface area contributed by atoms with Crippen molar-refractivity contribution in [2.45, 2.75) is 43.9 Å². The Morgan fingerprint density at radius 2 is 2.18 bits per heavy atom. The van der Waals surface area contributed by atoms with Gasteiger partial charge in [0, 0.05) is 6.61 Å². The minimum Gasteiger partial charge on any atom is -0.445 e. The molecule has 3 rings (SSSR count). The van der Waals surface area contributed by atoms with Crippen LogP contribution in [0.1, 0.15) is 31.2 Å². The summed E-state index contributed by atoms with van der Waals surface area (Å²) in [6.45, 7) is 0.828. The van der Waals surface area contributed by atoms with E-state index in [-0.39, 0.29) is 19.3 Å². The first-order chi connectivity index (χ1) is 10.7. The Kier molecular flexibility index (Phi) is 4.64. The van der Waals surface area contributed by atoms with E-state index in [4.69, 9.17) is 9.47 Å². The predicted molar refractivity (Wildman–Crippen MR) is 81.3 cm³/mol. The van der Waals surface area contributed by atoms with Crippen molar-refractivity contribution in [3.8, 4) is 0 Å². The highest BCUT2D eigenvalue weighted by atomic mass is 16.6. The number of hydrogen-bond acceptors (Lipinski definition) is 4. The molecule has 120 valence electrons. The fourth-order valence-corrected chi connectivity index (χ4v) is 3.19. The van der Waals surface area contributed by atoms with Crippen molar-refractivity contribution < 1.29 is 19.4 Å². The molecule has 0 bridgehead atoms. The van der Waals surface area contributed by atoms with Crippen LogP contribution in [0.25, 0.3) is 0 Å². The number of carbonyl (C=O) groups excluding carboxylic acids is 1. The number of rotatable bonds is 6. The first-order valence-electron chi connectivity index (χ1n) is 7.95. The van der Waals surface area contributed by atoms with Crippen LogP contribution < -0.4 is 5.32 Å². The molecule has 2 N–H and O–H groups in total. The lowest BCUT2D eigenvalue weighted by molar-refractivity contribution is -0.0684. The van der Waals surface area contributed by atoms with Gasteiger partial charge in [-0.25, -0.2) is 4.79 Å². The molecule has 0 spiro atoms. The van der Waals surface area contributed by atoms with Crippen molar-refractivity contribution in [3.63, 3.8) is 0 Å². The van der Waals surface area contributed by atoms with Crippen LogP contribution >= 0.6 is 0 Å². The number of alkyl carbamates (subject to hydrolysis) is 1. The zero-order chi connectivity index (χ0) is 15.4. The molecule has 1 aliphatic carbocycles. The van der Waals surface area contributed by atoms with Gasteiger partial charge in [-0.2, -0.15) is 0 Å². The Morgan fingerprint density at radius 3 is 2.77 bits per heavy atom. The number of nitrogens with one attached hydrogen (secondary N) is 1. The Bertz CT molecular complexity index is 495. The van der Waals surface area contributed by atoms with Gasteiger partial charge in [-0.3, -0.25) is 0 Å². The molecule has 2 unspecified atom stereocenters. The van der Waals surface area contributed by atoms with E-state index in [9.17, 15) is 9.90 Å². The number of hydrogen-bond donors (Lipinski definition) is 2. The molecule has 5 nitrogen and oxygen atoms in total. The fraction of sp³-hybridized carbons (Fsp3) is 0.588. The van der Waals surface area contributed by atoms with E-state index in [0.717, 1.165) is 31.2 Å². The molecule has 2 fully saturated rings. The highest BCUT2D eigenvalue weighted by Gasteiger charge is 2.50. The van der Waals surface area contributed by atoms with Crippen molar-refractivity contribution >= 4 is 6.09 Å². The quantitative estimate of drug-likeness (QED) is 0.846. The summed E-state index contributed by atoms with van der Waals surface area (Å²) in [6, 6.07) is 9.42. The Hall–Kier alpha value is -1.59. The summed E-state index contributed by atoms with van der Waals surface area (Å²) in [5.41, 5.74) is 0.321. The molecule has 2 aliphatic rings. The third-order valence-electron chi connectivity index (χ3n) is 4.55. The molecule has 1 aliphatic heterocycles. The van der Waals surface area contributed by atoms with E-state index in [1.807, 2.05) is 30.3 Å². The van der Waals surface area contributed by atoms with Crippen LogP contribution in [0.15, 0.2) is 30.3 Å². The summed E-state index contributed by atoms with van der Waals surface area (Å²) in [5, 5.41) is 12.7. The van der Waals surface area contributed by atoms with E-state index in [1.54, 1.807) is 0 Å². The van der Waals surface area contributed by atoms with Gasteiger partial charge in [0.1, 0.15) is 12.2 Å². The Morgan fingerprint density at radius 1 is 1.41 bits per heavy atom. The Labute approximate surface area is 130 Å². The zero-order valence-corrected chi connectivity index (χ0v) is 12.7. The lowest BCUT2D eigenvalue weighted by Crippen LogP contribution is -2.56. The molecule has 1 amide bonds. The number of aliphatic hydroxyl groups excluding tert-OH is 1. The van der Waals surface area contributed by atoms with Crippen molar-refractivity contribution in [3.05, 3.63) is 35.9 Å². The van der Waals surface area contributed by atoms with Crippen LogP contribution in [0.3, 0.4) is 0 Å². The van der Waals surface area contributed by atoms with Crippen molar-refractivity contribution in [2.75, 3.05) is 13.2 Å². The van der Waals surface area contributed by atoms with E-state index in [2.05, 4.69) is 5.32 Å². The highest BCUT2D eigenvalue weighted by molar-refractivity contribution is 5.68. The molecule has 1 heterocycles. The third-order valence-corrected chi connectivity index (χ3v) is 4.55. The average Bonchev–Trinajstić information content (AvgIpc) is 3.28. The molecular formula is C17H23NO4. The summed E-state index contributed by atoms with van der Waals surface area (Å²) in [4.78, 5) is 12.1. The smallest absolute Gasteiger partial charge is 0.407 e. The lowest BCUT2D eigenvalue weighted by Gasteiger charge is -2.35. The van der Waals surface area contributed by atoms with Crippen LogP contribution in [0.5, 0.6) is 0 Å². The number of aliphatic hydroxyl groups is 1. The van der Waals surface area contributed by atoms with Crippen molar-refractivity contribution in [1.29, 1.82) is 0 Å². The average molecular weight is 305 g/mol. The van der Waals surface area contributed by atoms with Crippen molar-refractivity contribution in [1.82, 2.24) is 5.32 Å². The number of benzene rings is 1. The Balaban J connectivity index is 1.58. The molecule has 5 heteroatoms. The van der Waals surface area contributed by atoms with Crippen molar-refractivity contribution in [2.24, 2.45) is 5.92 Å². The summed E-state index contributed by atoms with van der Waals surface area (Å²) in [6.07, 6.45) is 3.39. The van der Waals surface area contributed by atoms with Gasteiger partial charge in [0.05, 0.1) is 12.6 Å². The topological polar surface area (TPSA) is 67.8 Å². The maximum atomic E-state index is 12.1. The van der Waals surface area contributed by atoms with Crippen LogP contribution in [0.2, 0.25) is 0 Å². The molecular weight excluding hydrogens is 282 g/mol. The second kappa shape index (κ2) is 6.67. The second-order valence-electron chi connectivity index (χ2n) is 6.20. The summed E-state index contributed by atoms with van der Waals surface area (Å²) in [7, 11) is 0. The minimum absolute atomic E-state index is 0.0624. The molecule has 1 aromatic carbocycles. The number of ether oxygens (including phenoxy) is 2. The highest BCUT2D eigenvalue weighted by Crippen LogP contribution is 2.42. The molecule has 22 heavy (non-hydrogen) atoms. The minimum atomic E-state index is -0.632. The first kappa shape index (κ1) is 15.3. The molecule has 1 saturated carbocycles.